The molecule has 3 aromatic rings. The van der Waals surface area contributed by atoms with Gasteiger partial charge >= 0.3 is 0 Å². The number of hydrogen-bond donors (Lipinski definition) is 1. The van der Waals surface area contributed by atoms with Gasteiger partial charge in [-0.1, -0.05) is 19.1 Å². The van der Waals surface area contributed by atoms with Crippen molar-refractivity contribution in [3.05, 3.63) is 70.7 Å². The average molecular weight is 338 g/mol. The summed E-state index contributed by atoms with van der Waals surface area (Å²) in [5.74, 6) is -0.215. The van der Waals surface area contributed by atoms with Gasteiger partial charge in [-0.25, -0.2) is 4.39 Å². The Kier molecular flexibility index (Phi) is 4.62. The third-order valence-corrected chi connectivity index (χ3v) is 5.08. The maximum absolute atomic E-state index is 13.0. The summed E-state index contributed by atoms with van der Waals surface area (Å²) in [6, 6.07) is 12.2. The Morgan fingerprint density at radius 3 is 2.52 bits per heavy atom. The monoisotopic (exact) mass is 338 g/mol. The van der Waals surface area contributed by atoms with Crippen molar-refractivity contribution < 1.29 is 9.18 Å². The predicted octanol–water partition coefficient (Wildman–Crippen LogP) is 4.47. The van der Waals surface area contributed by atoms with E-state index in [4.69, 9.17) is 0 Å². The Labute approximate surface area is 147 Å². The number of aromatic nitrogens is 1. The molecule has 0 bridgehead atoms. The molecule has 0 aliphatic carbocycles. The maximum Gasteiger partial charge on any atom is 0.251 e. The third kappa shape index (κ3) is 3.29. The van der Waals surface area contributed by atoms with Crippen LogP contribution in [0.15, 0.2) is 42.5 Å². The number of halogens is 1. The average Bonchev–Trinajstić information content (AvgIpc) is 2.84. The number of amides is 1. The quantitative estimate of drug-likeness (QED) is 0.748. The first kappa shape index (κ1) is 17.2. The second-order valence-corrected chi connectivity index (χ2v) is 6.66. The molecule has 0 aliphatic rings. The largest absolute Gasteiger partial charge is 0.351 e. The van der Waals surface area contributed by atoms with Crippen LogP contribution in [-0.4, -0.2) is 17.0 Å². The minimum atomic E-state index is -0.248. The summed E-state index contributed by atoms with van der Waals surface area (Å²) in [6.07, 6.45) is 0. The first-order valence-corrected chi connectivity index (χ1v) is 8.47. The SMILES string of the molecule is Cc1c(C)n(C)c2ccc(C(=O)NCC(C)c3ccc(F)cc3)cc12. The number of aryl methyl sites for hydroxylation is 2. The van der Waals surface area contributed by atoms with Crippen molar-refractivity contribution in [2.24, 2.45) is 7.05 Å². The van der Waals surface area contributed by atoms with E-state index in [1.54, 1.807) is 12.1 Å². The van der Waals surface area contributed by atoms with Gasteiger partial charge in [-0.05, 0) is 61.2 Å². The summed E-state index contributed by atoms with van der Waals surface area (Å²) in [6.45, 7) is 6.69. The predicted molar refractivity (Wildman–Crippen MR) is 99.5 cm³/mol. The zero-order valence-corrected chi connectivity index (χ0v) is 15.1. The van der Waals surface area contributed by atoms with Gasteiger partial charge in [0.25, 0.3) is 5.91 Å². The van der Waals surface area contributed by atoms with Crippen LogP contribution in [0.4, 0.5) is 4.39 Å². The van der Waals surface area contributed by atoms with Crippen molar-refractivity contribution in [1.29, 1.82) is 0 Å². The van der Waals surface area contributed by atoms with E-state index < -0.39 is 0 Å². The Balaban J connectivity index is 1.74. The highest BCUT2D eigenvalue weighted by Crippen LogP contribution is 2.25. The van der Waals surface area contributed by atoms with Gasteiger partial charge in [0.2, 0.25) is 0 Å². The van der Waals surface area contributed by atoms with Gasteiger partial charge in [0.1, 0.15) is 5.82 Å². The Bertz CT molecular complexity index is 925. The lowest BCUT2D eigenvalue weighted by Crippen LogP contribution is -2.27. The number of carbonyl (C=O) groups excluding carboxylic acids is 1. The van der Waals surface area contributed by atoms with Gasteiger partial charge in [0, 0.05) is 35.8 Å². The highest BCUT2D eigenvalue weighted by atomic mass is 19.1. The number of carbonyl (C=O) groups is 1. The maximum atomic E-state index is 13.0. The Hall–Kier alpha value is -2.62. The highest BCUT2D eigenvalue weighted by Gasteiger charge is 2.13. The lowest BCUT2D eigenvalue weighted by molar-refractivity contribution is 0.0952. The lowest BCUT2D eigenvalue weighted by atomic mass is 10.0. The summed E-state index contributed by atoms with van der Waals surface area (Å²) < 4.78 is 15.1. The molecule has 1 amide bonds. The van der Waals surface area contributed by atoms with Gasteiger partial charge in [-0.2, -0.15) is 0 Å². The second-order valence-electron chi connectivity index (χ2n) is 6.66. The van der Waals surface area contributed by atoms with Crippen molar-refractivity contribution in [2.75, 3.05) is 6.54 Å². The molecule has 0 radical (unpaired) electrons. The number of hydrogen-bond acceptors (Lipinski definition) is 1. The minimum Gasteiger partial charge on any atom is -0.351 e. The molecule has 1 N–H and O–H groups in total. The summed E-state index contributed by atoms with van der Waals surface area (Å²) in [5.41, 5.74) is 5.20. The van der Waals surface area contributed by atoms with E-state index in [9.17, 15) is 9.18 Å². The van der Waals surface area contributed by atoms with Crippen molar-refractivity contribution >= 4 is 16.8 Å². The normalized spacial score (nSPS) is 12.4. The van der Waals surface area contributed by atoms with E-state index in [1.807, 2.05) is 32.2 Å². The van der Waals surface area contributed by atoms with E-state index in [-0.39, 0.29) is 17.6 Å². The fraction of sp³-hybridized carbons (Fsp3) is 0.286. The molecule has 25 heavy (non-hydrogen) atoms. The summed E-state index contributed by atoms with van der Waals surface area (Å²) in [7, 11) is 2.04. The molecule has 4 heteroatoms. The molecule has 0 aliphatic heterocycles. The van der Waals surface area contributed by atoms with E-state index >= 15 is 0 Å². The smallest absolute Gasteiger partial charge is 0.251 e. The summed E-state index contributed by atoms with van der Waals surface area (Å²) in [4.78, 5) is 12.5. The number of benzene rings is 2. The Morgan fingerprint density at radius 2 is 1.84 bits per heavy atom. The highest BCUT2D eigenvalue weighted by molar-refractivity contribution is 5.99. The topological polar surface area (TPSA) is 34.0 Å². The third-order valence-electron chi connectivity index (χ3n) is 5.08. The molecule has 1 atom stereocenters. The molecule has 1 aromatic heterocycles. The molecule has 0 saturated carbocycles. The first-order chi connectivity index (χ1) is 11.9. The minimum absolute atomic E-state index is 0.0863. The number of nitrogens with one attached hydrogen (secondary N) is 1. The zero-order valence-electron chi connectivity index (χ0n) is 15.1. The standard InChI is InChI=1S/C21H23FN2O/c1-13(16-5-8-18(22)9-6-16)12-23-21(25)17-7-10-20-19(11-17)14(2)15(3)24(20)4/h5-11,13H,12H2,1-4H3,(H,23,25). The van der Waals surface area contributed by atoms with Gasteiger partial charge in [0.15, 0.2) is 0 Å². The molecular weight excluding hydrogens is 315 g/mol. The second kappa shape index (κ2) is 6.71. The number of rotatable bonds is 4. The van der Waals surface area contributed by atoms with Crippen LogP contribution in [-0.2, 0) is 7.05 Å². The molecule has 1 unspecified atom stereocenters. The zero-order chi connectivity index (χ0) is 18.1. The molecule has 1 heterocycles. The van der Waals surface area contributed by atoms with Crippen LogP contribution in [0.5, 0.6) is 0 Å². The Morgan fingerprint density at radius 1 is 1.16 bits per heavy atom. The van der Waals surface area contributed by atoms with E-state index in [0.717, 1.165) is 16.5 Å². The van der Waals surface area contributed by atoms with Gasteiger partial charge < -0.3 is 9.88 Å². The van der Waals surface area contributed by atoms with Crippen LogP contribution in [0.2, 0.25) is 0 Å². The van der Waals surface area contributed by atoms with Gasteiger partial charge in [-0.3, -0.25) is 4.79 Å². The van der Waals surface area contributed by atoms with Crippen LogP contribution in [0.3, 0.4) is 0 Å². The summed E-state index contributed by atoms with van der Waals surface area (Å²) >= 11 is 0. The number of nitrogens with zero attached hydrogens (tertiary/aromatic N) is 1. The molecule has 2 aromatic carbocycles. The molecule has 3 nitrogen and oxygen atoms in total. The fourth-order valence-electron chi connectivity index (χ4n) is 3.15. The van der Waals surface area contributed by atoms with Crippen molar-refractivity contribution in [3.63, 3.8) is 0 Å². The van der Waals surface area contributed by atoms with Crippen LogP contribution in [0.1, 0.15) is 40.0 Å². The lowest BCUT2D eigenvalue weighted by Gasteiger charge is -2.13. The van der Waals surface area contributed by atoms with Crippen molar-refractivity contribution in [1.82, 2.24) is 9.88 Å². The van der Waals surface area contributed by atoms with Crippen LogP contribution in [0.25, 0.3) is 10.9 Å². The molecule has 3 rings (SSSR count). The fourth-order valence-corrected chi connectivity index (χ4v) is 3.15. The van der Waals surface area contributed by atoms with E-state index in [1.165, 1.54) is 23.4 Å². The van der Waals surface area contributed by atoms with Gasteiger partial charge in [0.05, 0.1) is 0 Å². The number of fused-ring (bicyclic) bond motifs is 1. The van der Waals surface area contributed by atoms with E-state index in [2.05, 4.69) is 23.7 Å². The van der Waals surface area contributed by atoms with Crippen LogP contribution in [0, 0.1) is 19.7 Å². The van der Waals surface area contributed by atoms with Crippen LogP contribution >= 0.6 is 0 Å². The van der Waals surface area contributed by atoms with E-state index in [0.29, 0.717) is 12.1 Å². The van der Waals surface area contributed by atoms with Crippen molar-refractivity contribution in [2.45, 2.75) is 26.7 Å². The first-order valence-electron chi connectivity index (χ1n) is 8.47. The summed E-state index contributed by atoms with van der Waals surface area (Å²) in [5, 5.41) is 4.09. The van der Waals surface area contributed by atoms with Gasteiger partial charge in [-0.15, -0.1) is 0 Å². The molecule has 0 saturated heterocycles. The van der Waals surface area contributed by atoms with Crippen molar-refractivity contribution in [3.8, 4) is 0 Å². The van der Waals surface area contributed by atoms with Crippen LogP contribution < -0.4 is 5.32 Å². The molecular formula is C21H23FN2O. The molecule has 0 fully saturated rings. The molecule has 0 spiro atoms. The molecule has 130 valence electrons.